The van der Waals surface area contributed by atoms with Crippen molar-refractivity contribution in [3.05, 3.63) is 0 Å². The molecule has 0 fully saturated rings. The van der Waals surface area contributed by atoms with Gasteiger partial charge in [-0.3, -0.25) is 4.79 Å². The second kappa shape index (κ2) is 7.47. The largest absolute Gasteiger partial charge is 0.481 e. The van der Waals surface area contributed by atoms with Gasteiger partial charge in [0, 0.05) is 11.7 Å². The molecule has 0 aromatic heterocycles. The molecule has 2 nitrogen and oxygen atoms in total. The molecule has 0 aliphatic rings. The van der Waals surface area contributed by atoms with Crippen molar-refractivity contribution in [2.24, 2.45) is 0 Å². The number of hydrogen-bond donors (Lipinski definition) is 1. The van der Waals surface area contributed by atoms with Gasteiger partial charge in [0.2, 0.25) is 0 Å². The van der Waals surface area contributed by atoms with Crippen LogP contribution in [0.15, 0.2) is 0 Å². The van der Waals surface area contributed by atoms with Crippen LogP contribution < -0.4 is 0 Å². The fourth-order valence-corrected chi connectivity index (χ4v) is 1.79. The maximum atomic E-state index is 10.1. The summed E-state index contributed by atoms with van der Waals surface area (Å²) in [6.45, 7) is 4.39. The standard InChI is InChI=1S/C9H18O2S/c1-3-8(2)12-7-5-4-6-9(10)11/h8H,3-7H2,1-2H3,(H,10,11). The van der Waals surface area contributed by atoms with Gasteiger partial charge < -0.3 is 5.11 Å². The molecule has 0 heterocycles. The van der Waals surface area contributed by atoms with Crippen molar-refractivity contribution in [1.82, 2.24) is 0 Å². The molecule has 0 saturated carbocycles. The summed E-state index contributed by atoms with van der Waals surface area (Å²) in [7, 11) is 0. The van der Waals surface area contributed by atoms with Gasteiger partial charge in [0.05, 0.1) is 0 Å². The number of unbranched alkanes of at least 4 members (excludes halogenated alkanes) is 1. The van der Waals surface area contributed by atoms with E-state index in [2.05, 4.69) is 13.8 Å². The first-order valence-corrected chi connectivity index (χ1v) is 5.55. The van der Waals surface area contributed by atoms with E-state index in [1.54, 1.807) is 0 Å². The summed E-state index contributed by atoms with van der Waals surface area (Å²) in [5.41, 5.74) is 0. The molecule has 0 bridgehead atoms. The molecule has 0 spiro atoms. The molecule has 0 aliphatic carbocycles. The summed E-state index contributed by atoms with van der Waals surface area (Å²) < 4.78 is 0. The molecule has 0 aromatic rings. The quantitative estimate of drug-likeness (QED) is 0.627. The van der Waals surface area contributed by atoms with E-state index in [-0.39, 0.29) is 0 Å². The molecule has 1 atom stereocenters. The number of hydrogen-bond acceptors (Lipinski definition) is 2. The highest BCUT2D eigenvalue weighted by molar-refractivity contribution is 7.99. The summed E-state index contributed by atoms with van der Waals surface area (Å²) >= 11 is 1.94. The van der Waals surface area contributed by atoms with Crippen LogP contribution in [0.25, 0.3) is 0 Å². The first kappa shape index (κ1) is 11.8. The van der Waals surface area contributed by atoms with E-state index in [0.717, 1.165) is 23.8 Å². The van der Waals surface area contributed by atoms with Gasteiger partial charge in [-0.05, 0) is 25.0 Å². The Kier molecular flexibility index (Phi) is 7.36. The monoisotopic (exact) mass is 190 g/mol. The molecule has 12 heavy (non-hydrogen) atoms. The number of carboxylic acids is 1. The first-order valence-electron chi connectivity index (χ1n) is 4.50. The highest BCUT2D eigenvalue weighted by atomic mass is 32.2. The Hall–Kier alpha value is -0.180. The molecule has 1 N–H and O–H groups in total. The molecule has 1 unspecified atom stereocenters. The third-order valence-electron chi connectivity index (χ3n) is 1.76. The maximum absolute atomic E-state index is 10.1. The lowest BCUT2D eigenvalue weighted by Crippen LogP contribution is -1.97. The predicted molar refractivity (Wildman–Crippen MR) is 53.7 cm³/mol. The van der Waals surface area contributed by atoms with Crippen molar-refractivity contribution >= 4 is 17.7 Å². The Morgan fingerprint density at radius 1 is 1.50 bits per heavy atom. The number of thioether (sulfide) groups is 1. The topological polar surface area (TPSA) is 37.3 Å². The summed E-state index contributed by atoms with van der Waals surface area (Å²) in [4.78, 5) is 10.1. The fraction of sp³-hybridized carbons (Fsp3) is 0.889. The smallest absolute Gasteiger partial charge is 0.303 e. The molecule has 0 amide bonds. The molecule has 0 rings (SSSR count). The molecule has 0 radical (unpaired) electrons. The fourth-order valence-electron chi connectivity index (χ4n) is 0.781. The van der Waals surface area contributed by atoms with Crippen LogP contribution in [0.5, 0.6) is 0 Å². The van der Waals surface area contributed by atoms with Crippen LogP contribution in [0.3, 0.4) is 0 Å². The Bertz CT molecular complexity index is 126. The van der Waals surface area contributed by atoms with Gasteiger partial charge in [0.25, 0.3) is 0 Å². The van der Waals surface area contributed by atoms with E-state index in [0.29, 0.717) is 6.42 Å². The summed E-state index contributed by atoms with van der Waals surface area (Å²) in [6, 6.07) is 0. The van der Waals surface area contributed by atoms with Gasteiger partial charge in [-0.25, -0.2) is 0 Å². The number of carboxylic acid groups (broad SMARTS) is 1. The second-order valence-electron chi connectivity index (χ2n) is 2.94. The lowest BCUT2D eigenvalue weighted by atomic mass is 10.2. The summed E-state index contributed by atoms with van der Waals surface area (Å²) in [5.74, 6) is 0.422. The van der Waals surface area contributed by atoms with E-state index < -0.39 is 5.97 Å². The highest BCUT2D eigenvalue weighted by Gasteiger charge is 1.99. The number of rotatable bonds is 7. The van der Waals surface area contributed by atoms with E-state index in [1.165, 1.54) is 6.42 Å². The van der Waals surface area contributed by atoms with Crippen LogP contribution in [0.4, 0.5) is 0 Å². The van der Waals surface area contributed by atoms with Crippen LogP contribution in [-0.4, -0.2) is 22.1 Å². The Balaban J connectivity index is 3.05. The van der Waals surface area contributed by atoms with Gasteiger partial charge in [-0.1, -0.05) is 13.8 Å². The SMILES string of the molecule is CCC(C)SCCCCC(=O)O. The number of carbonyl (C=O) groups is 1. The van der Waals surface area contributed by atoms with E-state index >= 15 is 0 Å². The zero-order valence-corrected chi connectivity index (χ0v) is 8.69. The Morgan fingerprint density at radius 3 is 2.67 bits per heavy atom. The number of aliphatic carboxylic acids is 1. The van der Waals surface area contributed by atoms with Gasteiger partial charge in [0.1, 0.15) is 0 Å². The zero-order valence-electron chi connectivity index (χ0n) is 7.88. The van der Waals surface area contributed by atoms with E-state index in [9.17, 15) is 4.79 Å². The third kappa shape index (κ3) is 7.92. The van der Waals surface area contributed by atoms with Gasteiger partial charge >= 0.3 is 5.97 Å². The molecule has 0 aromatic carbocycles. The Morgan fingerprint density at radius 2 is 2.17 bits per heavy atom. The average Bonchev–Trinajstić information content (AvgIpc) is 2.03. The van der Waals surface area contributed by atoms with Crippen molar-refractivity contribution in [3.8, 4) is 0 Å². The Labute approximate surface area is 78.7 Å². The predicted octanol–water partition coefficient (Wildman–Crippen LogP) is 2.77. The van der Waals surface area contributed by atoms with Crippen LogP contribution in [0.2, 0.25) is 0 Å². The maximum Gasteiger partial charge on any atom is 0.303 e. The van der Waals surface area contributed by atoms with E-state index in [4.69, 9.17) is 5.11 Å². The minimum absolute atomic E-state index is 0.321. The van der Waals surface area contributed by atoms with E-state index in [1.807, 2.05) is 11.8 Å². The molecule has 0 saturated heterocycles. The van der Waals surface area contributed by atoms with Gasteiger partial charge in [0.15, 0.2) is 0 Å². The minimum atomic E-state index is -0.677. The zero-order chi connectivity index (χ0) is 9.40. The average molecular weight is 190 g/mol. The van der Waals surface area contributed by atoms with Crippen LogP contribution in [0.1, 0.15) is 39.5 Å². The second-order valence-corrected chi connectivity index (χ2v) is 4.49. The van der Waals surface area contributed by atoms with Crippen LogP contribution >= 0.6 is 11.8 Å². The molecule has 72 valence electrons. The molecule has 3 heteroatoms. The lowest BCUT2D eigenvalue weighted by Gasteiger charge is -2.06. The van der Waals surface area contributed by atoms with Crippen molar-refractivity contribution < 1.29 is 9.90 Å². The molecular weight excluding hydrogens is 172 g/mol. The van der Waals surface area contributed by atoms with Crippen molar-refractivity contribution in [2.75, 3.05) is 5.75 Å². The van der Waals surface area contributed by atoms with Crippen molar-refractivity contribution in [2.45, 2.75) is 44.8 Å². The summed E-state index contributed by atoms with van der Waals surface area (Å²) in [6.07, 6.45) is 3.37. The summed E-state index contributed by atoms with van der Waals surface area (Å²) in [5, 5.41) is 9.08. The van der Waals surface area contributed by atoms with Gasteiger partial charge in [-0.15, -0.1) is 0 Å². The molecule has 0 aliphatic heterocycles. The van der Waals surface area contributed by atoms with Crippen LogP contribution in [-0.2, 0) is 4.79 Å². The van der Waals surface area contributed by atoms with Crippen molar-refractivity contribution in [3.63, 3.8) is 0 Å². The normalized spacial score (nSPS) is 12.8. The van der Waals surface area contributed by atoms with Gasteiger partial charge in [-0.2, -0.15) is 11.8 Å². The first-order chi connectivity index (χ1) is 5.66. The molecular formula is C9H18O2S. The van der Waals surface area contributed by atoms with Crippen LogP contribution in [0, 0.1) is 0 Å². The van der Waals surface area contributed by atoms with Crippen molar-refractivity contribution in [1.29, 1.82) is 0 Å². The lowest BCUT2D eigenvalue weighted by molar-refractivity contribution is -0.137. The highest BCUT2D eigenvalue weighted by Crippen LogP contribution is 2.15. The minimum Gasteiger partial charge on any atom is -0.481 e. The third-order valence-corrected chi connectivity index (χ3v) is 3.19.